The molecule has 1 aromatic carbocycles. The number of ketones is 1. The summed E-state index contributed by atoms with van der Waals surface area (Å²) in [5.74, 6) is -1.56. The molecule has 4 nitrogen and oxygen atoms in total. The number of ether oxygens (including phenoxy) is 3. The fourth-order valence-corrected chi connectivity index (χ4v) is 3.34. The summed E-state index contributed by atoms with van der Waals surface area (Å²) in [6.45, 7) is 0.517. The van der Waals surface area contributed by atoms with Crippen LogP contribution in [-0.2, 0) is 25.6 Å². The lowest BCUT2D eigenvalue weighted by Crippen LogP contribution is -2.60. The minimum atomic E-state index is -1.13. The number of hydrogen-bond donors (Lipinski definition) is 0. The normalized spacial score (nSPS) is 29.8. The van der Waals surface area contributed by atoms with E-state index in [0.717, 1.165) is 12.0 Å². The topological polar surface area (TPSA) is 44.8 Å². The molecule has 3 aliphatic carbocycles. The molecule has 1 saturated carbocycles. The van der Waals surface area contributed by atoms with Gasteiger partial charge in [0.1, 0.15) is 0 Å². The summed E-state index contributed by atoms with van der Waals surface area (Å²) in [7, 11) is 3.05. The van der Waals surface area contributed by atoms with Crippen LogP contribution in [0.1, 0.15) is 12.0 Å². The van der Waals surface area contributed by atoms with Crippen molar-refractivity contribution in [2.45, 2.75) is 24.9 Å². The largest absolute Gasteiger partial charge is 0.372 e. The summed E-state index contributed by atoms with van der Waals surface area (Å²) in [4.78, 5) is 12.6. The molecular weight excluding hydrogens is 268 g/mol. The summed E-state index contributed by atoms with van der Waals surface area (Å²) in [6, 6.07) is 9.99. The Kier molecular flexibility index (Phi) is 3.93. The lowest BCUT2D eigenvalue weighted by Gasteiger charge is -2.47. The van der Waals surface area contributed by atoms with Crippen molar-refractivity contribution in [3.05, 3.63) is 48.0 Å². The summed E-state index contributed by atoms with van der Waals surface area (Å²) in [6.07, 6.45) is 4.58. The number of benzene rings is 1. The van der Waals surface area contributed by atoms with Gasteiger partial charge in [-0.1, -0.05) is 42.5 Å². The summed E-state index contributed by atoms with van der Waals surface area (Å²) >= 11 is 0. The van der Waals surface area contributed by atoms with E-state index in [1.165, 1.54) is 14.2 Å². The number of rotatable bonds is 5. The average Bonchev–Trinajstić information content (AvgIpc) is 2.55. The molecule has 0 spiro atoms. The molecule has 0 radical (unpaired) electrons. The highest BCUT2D eigenvalue weighted by atomic mass is 16.7. The minimum absolute atomic E-state index is 0.0377. The number of Topliss-reactive ketones (excluding diaryl/α,β-unsaturated/α-hetero) is 1. The molecule has 0 unspecified atom stereocenters. The molecule has 4 rings (SSSR count). The number of carbonyl (C=O) groups excluding carboxylic acids is 1. The first-order valence-electron chi connectivity index (χ1n) is 7.19. The summed E-state index contributed by atoms with van der Waals surface area (Å²) in [5.41, 5.74) is 1.11. The Balaban J connectivity index is 1.72. The van der Waals surface area contributed by atoms with Gasteiger partial charge in [0.05, 0.1) is 18.6 Å². The van der Waals surface area contributed by atoms with Crippen molar-refractivity contribution in [3.63, 3.8) is 0 Å². The van der Waals surface area contributed by atoms with Crippen LogP contribution in [0, 0.1) is 11.8 Å². The predicted octanol–water partition coefficient (Wildman–Crippen LogP) is 2.34. The number of hydrogen-bond acceptors (Lipinski definition) is 4. The second kappa shape index (κ2) is 5.72. The van der Waals surface area contributed by atoms with E-state index in [1.807, 2.05) is 42.5 Å². The van der Waals surface area contributed by atoms with E-state index < -0.39 is 5.79 Å². The fourth-order valence-electron chi connectivity index (χ4n) is 3.34. The fraction of sp³-hybridized carbons (Fsp3) is 0.471. The molecular formula is C17H20O4. The zero-order valence-electron chi connectivity index (χ0n) is 12.3. The Bertz CT molecular complexity index is 533. The van der Waals surface area contributed by atoms with E-state index in [4.69, 9.17) is 14.2 Å². The van der Waals surface area contributed by atoms with Crippen molar-refractivity contribution >= 4 is 5.78 Å². The first kappa shape index (κ1) is 14.4. The third kappa shape index (κ3) is 2.33. The van der Waals surface area contributed by atoms with Crippen LogP contribution in [0.4, 0.5) is 0 Å². The zero-order chi connectivity index (χ0) is 14.9. The van der Waals surface area contributed by atoms with Crippen LogP contribution in [0.2, 0.25) is 0 Å². The van der Waals surface area contributed by atoms with Crippen molar-refractivity contribution in [1.82, 2.24) is 0 Å². The van der Waals surface area contributed by atoms with Crippen molar-refractivity contribution in [3.8, 4) is 0 Å². The SMILES string of the molecule is COC1(OC)C(=O)[C@@H]2C=C[C@@H]1C[C@@H]2OCc1ccccc1. The third-order valence-electron chi connectivity index (χ3n) is 4.49. The lowest BCUT2D eigenvalue weighted by atomic mass is 9.69. The summed E-state index contributed by atoms with van der Waals surface area (Å²) < 4.78 is 16.8. The maximum absolute atomic E-state index is 12.6. The first-order chi connectivity index (χ1) is 10.2. The van der Waals surface area contributed by atoms with Crippen LogP contribution in [0.5, 0.6) is 0 Å². The van der Waals surface area contributed by atoms with Gasteiger partial charge < -0.3 is 14.2 Å². The van der Waals surface area contributed by atoms with Crippen LogP contribution in [0.15, 0.2) is 42.5 Å². The van der Waals surface area contributed by atoms with E-state index in [1.54, 1.807) is 0 Å². The summed E-state index contributed by atoms with van der Waals surface area (Å²) in [5, 5.41) is 0. The van der Waals surface area contributed by atoms with Gasteiger partial charge >= 0.3 is 0 Å². The predicted molar refractivity (Wildman–Crippen MR) is 77.5 cm³/mol. The molecule has 0 heterocycles. The highest BCUT2D eigenvalue weighted by Crippen LogP contribution is 2.44. The maximum atomic E-state index is 12.6. The molecule has 3 atom stereocenters. The van der Waals surface area contributed by atoms with E-state index >= 15 is 0 Å². The van der Waals surface area contributed by atoms with Gasteiger partial charge in [-0.3, -0.25) is 4.79 Å². The minimum Gasteiger partial charge on any atom is -0.372 e. The highest BCUT2D eigenvalue weighted by molar-refractivity contribution is 5.92. The Labute approximate surface area is 124 Å². The van der Waals surface area contributed by atoms with Gasteiger partial charge in [-0.05, 0) is 12.0 Å². The molecule has 0 amide bonds. The van der Waals surface area contributed by atoms with Gasteiger partial charge in [0.2, 0.25) is 11.6 Å². The second-order valence-electron chi connectivity index (χ2n) is 5.53. The van der Waals surface area contributed by atoms with E-state index in [2.05, 4.69) is 0 Å². The van der Waals surface area contributed by atoms with Gasteiger partial charge in [-0.2, -0.15) is 0 Å². The average molecular weight is 288 g/mol. The van der Waals surface area contributed by atoms with E-state index in [-0.39, 0.29) is 23.7 Å². The quantitative estimate of drug-likeness (QED) is 0.616. The Morgan fingerprint density at radius 3 is 2.48 bits per heavy atom. The van der Waals surface area contributed by atoms with Gasteiger partial charge in [-0.15, -0.1) is 0 Å². The molecule has 0 aromatic heterocycles. The van der Waals surface area contributed by atoms with Crippen LogP contribution in [0.25, 0.3) is 0 Å². The molecule has 0 saturated heterocycles. The van der Waals surface area contributed by atoms with Gasteiger partial charge in [0, 0.05) is 20.1 Å². The highest BCUT2D eigenvalue weighted by Gasteiger charge is 2.57. The molecule has 4 heteroatoms. The smallest absolute Gasteiger partial charge is 0.235 e. The first-order valence-corrected chi connectivity index (χ1v) is 7.19. The van der Waals surface area contributed by atoms with E-state index in [0.29, 0.717) is 6.61 Å². The van der Waals surface area contributed by atoms with E-state index in [9.17, 15) is 4.79 Å². The molecule has 2 bridgehead atoms. The number of methoxy groups -OCH3 is 2. The molecule has 0 aliphatic heterocycles. The molecule has 0 N–H and O–H groups in total. The van der Waals surface area contributed by atoms with Gasteiger partial charge in [0.15, 0.2) is 0 Å². The van der Waals surface area contributed by atoms with Crippen LogP contribution >= 0.6 is 0 Å². The zero-order valence-corrected chi connectivity index (χ0v) is 12.3. The Hall–Kier alpha value is -1.49. The second-order valence-corrected chi connectivity index (χ2v) is 5.53. The standard InChI is InChI=1S/C17H20O4/c1-19-17(20-2)13-8-9-14(16(17)18)15(10-13)21-11-12-6-4-3-5-7-12/h3-9,13-15H,10-11H2,1-2H3/t13-,14-,15+/m1/s1. The van der Waals surface area contributed by atoms with Crippen molar-refractivity contribution in [2.75, 3.05) is 14.2 Å². The molecule has 3 aliphatic rings. The van der Waals surface area contributed by atoms with Crippen molar-refractivity contribution in [2.24, 2.45) is 11.8 Å². The van der Waals surface area contributed by atoms with Gasteiger partial charge in [-0.25, -0.2) is 0 Å². The lowest BCUT2D eigenvalue weighted by molar-refractivity contribution is -0.245. The molecule has 1 fully saturated rings. The maximum Gasteiger partial charge on any atom is 0.235 e. The number of carbonyl (C=O) groups is 1. The van der Waals surface area contributed by atoms with Crippen LogP contribution in [-0.4, -0.2) is 31.9 Å². The van der Waals surface area contributed by atoms with Crippen LogP contribution in [0.3, 0.4) is 0 Å². The Morgan fingerprint density at radius 2 is 1.86 bits per heavy atom. The number of fused-ring (bicyclic) bond motifs is 2. The molecule has 21 heavy (non-hydrogen) atoms. The van der Waals surface area contributed by atoms with Crippen molar-refractivity contribution < 1.29 is 19.0 Å². The Morgan fingerprint density at radius 1 is 1.14 bits per heavy atom. The molecule has 1 aromatic rings. The van der Waals surface area contributed by atoms with Gasteiger partial charge in [0.25, 0.3) is 0 Å². The molecule has 112 valence electrons. The third-order valence-corrected chi connectivity index (χ3v) is 4.49. The van der Waals surface area contributed by atoms with Crippen molar-refractivity contribution in [1.29, 1.82) is 0 Å². The van der Waals surface area contributed by atoms with Crippen LogP contribution < -0.4 is 0 Å². The monoisotopic (exact) mass is 288 g/mol.